The minimum atomic E-state index is -2.43. The molecule has 1 N–H and O–H groups in total. The summed E-state index contributed by atoms with van der Waals surface area (Å²) in [6, 6.07) is 12.0. The number of nitrogens with zero attached hydrogens (tertiary/aromatic N) is 1. The van der Waals surface area contributed by atoms with Gasteiger partial charge in [0.15, 0.2) is 6.19 Å². The maximum atomic E-state index is 9.27. The molecule has 0 radical (unpaired) electrons. The van der Waals surface area contributed by atoms with Crippen molar-refractivity contribution in [2.75, 3.05) is 0 Å². The summed E-state index contributed by atoms with van der Waals surface area (Å²) in [5, 5.41) is 7.48. The second kappa shape index (κ2) is 7.72. The molecular weight excluding hydrogens is 176 g/mol. The van der Waals surface area contributed by atoms with Crippen molar-refractivity contribution in [1.82, 2.24) is 4.72 Å². The highest BCUT2D eigenvalue weighted by molar-refractivity contribution is 7.77. The zero-order valence-corrected chi connectivity index (χ0v) is 6.95. The molecule has 0 heterocycles. The highest BCUT2D eigenvalue weighted by Crippen LogP contribution is 1.79. The molecule has 0 fully saturated rings. The standard InChI is InChI=1S/C6H6.CH2N2O2S/c1-2-4-6-5-3-1;2-1-3-6(4)5/h1-6H;3H,(H,4,5)/p-1. The number of hydrogen-bond donors (Lipinski definition) is 1. The van der Waals surface area contributed by atoms with E-state index >= 15 is 0 Å². The second-order valence-electron chi connectivity index (χ2n) is 1.60. The van der Waals surface area contributed by atoms with Crippen molar-refractivity contribution >= 4 is 11.3 Å². The summed E-state index contributed by atoms with van der Waals surface area (Å²) in [4.78, 5) is 0. The molecule has 0 saturated carbocycles. The predicted octanol–water partition coefficient (Wildman–Crippen LogP) is 0.538. The number of rotatable bonds is 1. The van der Waals surface area contributed by atoms with Gasteiger partial charge in [-0.05, 0) is 0 Å². The fourth-order valence-corrected chi connectivity index (χ4v) is 0.497. The van der Waals surface area contributed by atoms with Gasteiger partial charge in [-0.1, -0.05) is 36.4 Å². The lowest BCUT2D eigenvalue weighted by Gasteiger charge is -1.94. The average molecular weight is 183 g/mol. The lowest BCUT2D eigenvalue weighted by Crippen LogP contribution is -2.07. The Bertz CT molecular complexity index is 231. The summed E-state index contributed by atoms with van der Waals surface area (Å²) < 4.78 is 20.0. The average Bonchev–Trinajstić information content (AvgIpc) is 2.08. The van der Waals surface area contributed by atoms with Gasteiger partial charge in [0.05, 0.1) is 11.3 Å². The first-order valence-electron chi connectivity index (χ1n) is 3.01. The third kappa shape index (κ3) is 8.62. The lowest BCUT2D eigenvalue weighted by molar-refractivity contribution is 0.532. The van der Waals surface area contributed by atoms with Crippen LogP contribution in [0, 0.1) is 11.5 Å². The minimum absolute atomic E-state index is 1.20. The van der Waals surface area contributed by atoms with Gasteiger partial charge in [0.2, 0.25) is 0 Å². The predicted molar refractivity (Wildman–Crippen MR) is 44.1 cm³/mol. The Morgan fingerprint density at radius 1 is 1.17 bits per heavy atom. The number of hydrogen-bond acceptors (Lipinski definition) is 3. The first kappa shape index (κ1) is 10.6. The zero-order valence-electron chi connectivity index (χ0n) is 6.14. The van der Waals surface area contributed by atoms with Crippen molar-refractivity contribution < 1.29 is 8.76 Å². The van der Waals surface area contributed by atoms with Gasteiger partial charge in [-0.15, -0.1) is 0 Å². The first-order valence-corrected chi connectivity index (χ1v) is 4.09. The van der Waals surface area contributed by atoms with E-state index in [0.29, 0.717) is 0 Å². The molecule has 1 unspecified atom stereocenters. The molecule has 0 aliphatic heterocycles. The van der Waals surface area contributed by atoms with Gasteiger partial charge in [0.1, 0.15) is 0 Å². The Kier molecular flexibility index (Phi) is 6.84. The molecule has 4 nitrogen and oxygen atoms in total. The molecule has 0 saturated heterocycles. The Morgan fingerprint density at radius 3 is 1.58 bits per heavy atom. The van der Waals surface area contributed by atoms with Crippen molar-refractivity contribution in [1.29, 1.82) is 5.26 Å². The molecule has 12 heavy (non-hydrogen) atoms. The lowest BCUT2D eigenvalue weighted by atomic mass is 10.4. The van der Waals surface area contributed by atoms with Crippen LogP contribution >= 0.6 is 0 Å². The van der Waals surface area contributed by atoms with Crippen molar-refractivity contribution in [3.8, 4) is 6.19 Å². The van der Waals surface area contributed by atoms with E-state index < -0.39 is 11.3 Å². The highest BCUT2D eigenvalue weighted by atomic mass is 32.2. The fraction of sp³-hybridized carbons (Fsp3) is 0. The van der Waals surface area contributed by atoms with E-state index in [-0.39, 0.29) is 0 Å². The van der Waals surface area contributed by atoms with E-state index in [1.807, 2.05) is 36.4 Å². The van der Waals surface area contributed by atoms with E-state index in [4.69, 9.17) is 5.26 Å². The third-order valence-electron chi connectivity index (χ3n) is 0.796. The van der Waals surface area contributed by atoms with Gasteiger partial charge >= 0.3 is 0 Å². The smallest absolute Gasteiger partial charge is 0.188 e. The Morgan fingerprint density at radius 2 is 1.50 bits per heavy atom. The largest absolute Gasteiger partial charge is 0.755 e. The molecule has 5 heteroatoms. The van der Waals surface area contributed by atoms with Gasteiger partial charge in [-0.3, -0.25) is 8.93 Å². The van der Waals surface area contributed by atoms with Crippen LogP contribution in [-0.4, -0.2) is 8.76 Å². The highest BCUT2D eigenvalue weighted by Gasteiger charge is 1.64. The normalized spacial score (nSPS) is 10.0. The molecule has 1 aromatic carbocycles. The molecule has 0 amide bonds. The van der Waals surface area contributed by atoms with Gasteiger partial charge in [0.25, 0.3) is 0 Å². The van der Waals surface area contributed by atoms with Crippen LogP contribution in [0.2, 0.25) is 0 Å². The molecule has 0 bridgehead atoms. The summed E-state index contributed by atoms with van der Waals surface area (Å²) in [5.74, 6) is 0. The van der Waals surface area contributed by atoms with Crippen molar-refractivity contribution in [2.24, 2.45) is 0 Å². The Labute approximate surface area is 73.3 Å². The second-order valence-corrected chi connectivity index (χ2v) is 2.28. The molecule has 0 aromatic heterocycles. The first-order chi connectivity index (χ1) is 5.77. The van der Waals surface area contributed by atoms with Crippen molar-refractivity contribution in [3.63, 3.8) is 0 Å². The molecule has 1 rings (SSSR count). The van der Waals surface area contributed by atoms with Crippen LogP contribution in [0.4, 0.5) is 0 Å². The maximum Gasteiger partial charge on any atom is 0.188 e. The van der Waals surface area contributed by atoms with E-state index in [1.54, 1.807) is 0 Å². The number of nitrogens with one attached hydrogen (secondary N) is 1. The molecule has 0 aliphatic carbocycles. The number of nitriles is 1. The van der Waals surface area contributed by atoms with E-state index in [2.05, 4.69) is 0 Å². The van der Waals surface area contributed by atoms with Crippen LogP contribution in [0.3, 0.4) is 0 Å². The van der Waals surface area contributed by atoms with Gasteiger partial charge < -0.3 is 4.55 Å². The zero-order chi connectivity index (χ0) is 9.23. The van der Waals surface area contributed by atoms with Gasteiger partial charge in [-0.25, -0.2) is 0 Å². The summed E-state index contributed by atoms with van der Waals surface area (Å²) in [5.41, 5.74) is 0. The van der Waals surface area contributed by atoms with Crippen LogP contribution in [-0.2, 0) is 11.3 Å². The number of benzene rings is 1. The van der Waals surface area contributed by atoms with Gasteiger partial charge in [0, 0.05) is 0 Å². The Hall–Kier alpha value is -1.38. The van der Waals surface area contributed by atoms with Crippen LogP contribution in [0.1, 0.15) is 0 Å². The van der Waals surface area contributed by atoms with Crippen LogP contribution in [0.15, 0.2) is 36.4 Å². The van der Waals surface area contributed by atoms with Crippen molar-refractivity contribution in [2.45, 2.75) is 0 Å². The molecular formula is C7H7N2O2S-. The monoisotopic (exact) mass is 183 g/mol. The third-order valence-corrected chi connectivity index (χ3v) is 1.05. The molecule has 0 aliphatic rings. The summed E-state index contributed by atoms with van der Waals surface area (Å²) in [6.45, 7) is 0. The van der Waals surface area contributed by atoms with Crippen molar-refractivity contribution in [3.05, 3.63) is 36.4 Å². The van der Waals surface area contributed by atoms with Gasteiger partial charge in [-0.2, -0.15) is 5.26 Å². The summed E-state index contributed by atoms with van der Waals surface area (Å²) in [7, 11) is 0. The molecule has 1 aromatic rings. The van der Waals surface area contributed by atoms with Crippen LogP contribution in [0.25, 0.3) is 0 Å². The summed E-state index contributed by atoms with van der Waals surface area (Å²) >= 11 is -2.43. The molecule has 1 atom stereocenters. The molecule has 0 spiro atoms. The van der Waals surface area contributed by atoms with Crippen LogP contribution in [0.5, 0.6) is 0 Å². The van der Waals surface area contributed by atoms with E-state index in [1.165, 1.54) is 10.9 Å². The fourth-order valence-electron chi connectivity index (χ4n) is 0.422. The van der Waals surface area contributed by atoms with Crippen LogP contribution < -0.4 is 4.72 Å². The van der Waals surface area contributed by atoms with E-state index in [9.17, 15) is 8.76 Å². The maximum absolute atomic E-state index is 9.27. The summed E-state index contributed by atoms with van der Waals surface area (Å²) in [6.07, 6.45) is 1.20. The Balaban J connectivity index is 0.000000202. The minimum Gasteiger partial charge on any atom is -0.755 e. The molecule has 64 valence electrons. The quantitative estimate of drug-likeness (QED) is 0.392. The topological polar surface area (TPSA) is 76.0 Å². The van der Waals surface area contributed by atoms with E-state index in [0.717, 1.165) is 0 Å². The SMILES string of the molecule is N#CNS(=O)[O-].c1ccccc1.